The molecule has 0 saturated carbocycles. The summed E-state index contributed by atoms with van der Waals surface area (Å²) in [5, 5.41) is 0. The molecule has 0 aliphatic carbocycles. The molecular formula is C71H110O6. The van der Waals surface area contributed by atoms with Gasteiger partial charge in [0.05, 0.1) is 0 Å². The summed E-state index contributed by atoms with van der Waals surface area (Å²) in [4.78, 5) is 38.2. The highest BCUT2D eigenvalue weighted by Crippen LogP contribution is 2.13. The average Bonchev–Trinajstić information content (AvgIpc) is 3.43. The van der Waals surface area contributed by atoms with Crippen molar-refractivity contribution >= 4 is 17.9 Å². The maximum Gasteiger partial charge on any atom is 0.306 e. The minimum atomic E-state index is -0.823. The van der Waals surface area contributed by atoms with Crippen LogP contribution in [0.5, 0.6) is 0 Å². The molecule has 0 heterocycles. The summed E-state index contributed by atoms with van der Waals surface area (Å²) < 4.78 is 16.8. The first-order valence-corrected chi connectivity index (χ1v) is 30.6. The molecule has 0 spiro atoms. The van der Waals surface area contributed by atoms with Crippen LogP contribution in [0, 0.1) is 0 Å². The van der Waals surface area contributed by atoms with Gasteiger partial charge in [-0.25, -0.2) is 0 Å². The molecule has 1 atom stereocenters. The summed E-state index contributed by atoms with van der Waals surface area (Å²) in [5.41, 5.74) is 0. The Bertz CT molecular complexity index is 1790. The molecule has 1 unspecified atom stereocenters. The van der Waals surface area contributed by atoms with Gasteiger partial charge < -0.3 is 14.2 Å². The molecule has 430 valence electrons. The molecule has 0 aromatic carbocycles. The summed E-state index contributed by atoms with van der Waals surface area (Å²) in [6.07, 6.45) is 93.5. The molecule has 0 aliphatic heterocycles. The zero-order valence-corrected chi connectivity index (χ0v) is 49.1. The van der Waals surface area contributed by atoms with Crippen molar-refractivity contribution in [3.8, 4) is 0 Å². The topological polar surface area (TPSA) is 78.9 Å². The van der Waals surface area contributed by atoms with Crippen molar-refractivity contribution in [3.63, 3.8) is 0 Å². The van der Waals surface area contributed by atoms with E-state index in [1.807, 2.05) is 0 Å². The summed E-state index contributed by atoms with van der Waals surface area (Å²) in [7, 11) is 0. The van der Waals surface area contributed by atoms with E-state index < -0.39 is 6.10 Å². The third kappa shape index (κ3) is 61.5. The highest BCUT2D eigenvalue weighted by Gasteiger charge is 2.19. The van der Waals surface area contributed by atoms with Crippen LogP contribution in [0.4, 0.5) is 0 Å². The Morgan fingerprint density at radius 1 is 0.273 bits per heavy atom. The Balaban J connectivity index is 4.46. The number of allylic oxidation sites excluding steroid dienone is 28. The first kappa shape index (κ1) is 71.8. The number of unbranched alkanes of at least 4 members (excludes halogenated alkanes) is 14. The standard InChI is InChI=1S/C71H110O6/c1-4-7-10-13-16-19-22-24-26-28-30-32-33-34-35-36-37-39-40-42-44-46-49-52-55-58-61-64-70(73)76-67-68(66-75-69(72)63-60-57-54-51-48-21-18-15-12-9-6-3)77-71(74)65-62-59-56-53-50-47-45-43-41-38-31-29-27-25-23-20-17-14-11-8-5-2/h7-8,10-11,15-20,24-27,30-32,34-35,37-39,42-45,50,53,68H,4-6,9,12-14,21-23,28-29,33,36,40-41,46-49,51-52,54-67H2,1-3H3/b10-7-,11-8-,18-15-,19-16-,20-17-,26-24-,27-25-,32-30-,35-34-,38-31-,39-37-,44-42-,45-43-,53-50-. The lowest BCUT2D eigenvalue weighted by molar-refractivity contribution is -0.167. The molecule has 0 saturated heterocycles. The van der Waals surface area contributed by atoms with Gasteiger partial charge in [0.1, 0.15) is 13.2 Å². The van der Waals surface area contributed by atoms with Gasteiger partial charge in [0.15, 0.2) is 6.10 Å². The number of carbonyl (C=O) groups is 3. The molecule has 0 radical (unpaired) electrons. The average molecular weight is 1060 g/mol. The van der Waals surface area contributed by atoms with E-state index in [2.05, 4.69) is 191 Å². The molecule has 0 aromatic rings. The number of hydrogen-bond donors (Lipinski definition) is 0. The predicted octanol–water partition coefficient (Wildman–Crippen LogP) is 21.1. The third-order valence-electron chi connectivity index (χ3n) is 12.2. The molecule has 0 amide bonds. The fourth-order valence-electron chi connectivity index (χ4n) is 7.64. The van der Waals surface area contributed by atoms with Crippen LogP contribution in [0.3, 0.4) is 0 Å². The fraction of sp³-hybridized carbons (Fsp3) is 0.563. The summed E-state index contributed by atoms with van der Waals surface area (Å²) >= 11 is 0. The van der Waals surface area contributed by atoms with Crippen LogP contribution < -0.4 is 0 Å². The second kappa shape index (κ2) is 63.3. The second-order valence-electron chi connectivity index (χ2n) is 19.5. The van der Waals surface area contributed by atoms with Gasteiger partial charge in [-0.1, -0.05) is 242 Å². The molecule has 0 N–H and O–H groups in total. The molecule has 0 aliphatic rings. The summed E-state index contributed by atoms with van der Waals surface area (Å²) in [5.74, 6) is -0.996. The Hall–Kier alpha value is -5.23. The van der Waals surface area contributed by atoms with Crippen LogP contribution in [-0.4, -0.2) is 37.2 Å². The van der Waals surface area contributed by atoms with E-state index in [1.54, 1.807) is 0 Å². The van der Waals surface area contributed by atoms with Gasteiger partial charge in [-0.3, -0.25) is 14.4 Å². The van der Waals surface area contributed by atoms with Gasteiger partial charge in [0.2, 0.25) is 0 Å². The van der Waals surface area contributed by atoms with Crippen LogP contribution >= 0.6 is 0 Å². The van der Waals surface area contributed by atoms with Gasteiger partial charge in [0.25, 0.3) is 0 Å². The SMILES string of the molecule is CC/C=C\C/C=C\C/C=C\C/C=C\C/C=C\C/C=C\C/C=C\CCCCCCCC(=O)OCC(COC(=O)CCCCCCC/C=C\CCCC)OC(=O)CCCC/C=C\C/C=C\C/C=C\C/C=C\C/C=C\C/C=C\CC. The van der Waals surface area contributed by atoms with Gasteiger partial charge in [0, 0.05) is 19.3 Å². The molecule has 0 bridgehead atoms. The van der Waals surface area contributed by atoms with E-state index >= 15 is 0 Å². The normalized spacial score (nSPS) is 13.3. The first-order chi connectivity index (χ1) is 38.0. The molecule has 6 nitrogen and oxygen atoms in total. The molecule has 0 aromatic heterocycles. The maximum absolute atomic E-state index is 12.9. The van der Waals surface area contributed by atoms with Crippen LogP contribution in [0.1, 0.15) is 239 Å². The number of hydrogen-bond acceptors (Lipinski definition) is 6. The fourth-order valence-corrected chi connectivity index (χ4v) is 7.64. The van der Waals surface area contributed by atoms with E-state index in [1.165, 1.54) is 25.7 Å². The lowest BCUT2D eigenvalue weighted by Crippen LogP contribution is -2.30. The zero-order valence-electron chi connectivity index (χ0n) is 49.1. The van der Waals surface area contributed by atoms with E-state index in [9.17, 15) is 14.4 Å². The highest BCUT2D eigenvalue weighted by molar-refractivity contribution is 5.71. The number of carbonyl (C=O) groups excluding carboxylic acids is 3. The Labute approximate surface area is 472 Å². The van der Waals surface area contributed by atoms with E-state index in [0.717, 1.165) is 167 Å². The second-order valence-corrected chi connectivity index (χ2v) is 19.5. The maximum atomic E-state index is 12.9. The lowest BCUT2D eigenvalue weighted by atomic mass is 10.1. The van der Waals surface area contributed by atoms with Gasteiger partial charge in [-0.2, -0.15) is 0 Å². The van der Waals surface area contributed by atoms with Crippen molar-refractivity contribution in [2.75, 3.05) is 13.2 Å². The quantitative estimate of drug-likeness (QED) is 0.0261. The summed E-state index contributed by atoms with van der Waals surface area (Å²) in [6, 6.07) is 0. The van der Waals surface area contributed by atoms with Crippen LogP contribution in [0.25, 0.3) is 0 Å². The van der Waals surface area contributed by atoms with Crippen molar-refractivity contribution in [2.24, 2.45) is 0 Å². The first-order valence-electron chi connectivity index (χ1n) is 30.6. The smallest absolute Gasteiger partial charge is 0.306 e. The molecule has 77 heavy (non-hydrogen) atoms. The molecular weight excluding hydrogens is 949 g/mol. The predicted molar refractivity (Wildman–Crippen MR) is 334 cm³/mol. The largest absolute Gasteiger partial charge is 0.462 e. The van der Waals surface area contributed by atoms with Crippen molar-refractivity contribution in [1.29, 1.82) is 0 Å². The van der Waals surface area contributed by atoms with Crippen LogP contribution in [-0.2, 0) is 28.6 Å². The Morgan fingerprint density at radius 3 is 0.831 bits per heavy atom. The van der Waals surface area contributed by atoms with Crippen LogP contribution in [0.2, 0.25) is 0 Å². The van der Waals surface area contributed by atoms with Crippen molar-refractivity contribution in [1.82, 2.24) is 0 Å². The Morgan fingerprint density at radius 2 is 0.506 bits per heavy atom. The van der Waals surface area contributed by atoms with Gasteiger partial charge in [-0.15, -0.1) is 0 Å². The van der Waals surface area contributed by atoms with E-state index in [0.29, 0.717) is 19.3 Å². The highest BCUT2D eigenvalue weighted by atomic mass is 16.6. The Kier molecular flexibility index (Phi) is 59.0. The minimum Gasteiger partial charge on any atom is -0.462 e. The van der Waals surface area contributed by atoms with Gasteiger partial charge in [-0.05, 0) is 148 Å². The van der Waals surface area contributed by atoms with Crippen molar-refractivity contribution in [3.05, 3.63) is 170 Å². The van der Waals surface area contributed by atoms with E-state index in [-0.39, 0.29) is 37.5 Å². The van der Waals surface area contributed by atoms with Gasteiger partial charge >= 0.3 is 17.9 Å². The molecule has 0 rings (SSSR count). The number of rotatable bonds is 53. The number of esters is 3. The monoisotopic (exact) mass is 1060 g/mol. The van der Waals surface area contributed by atoms with E-state index in [4.69, 9.17) is 14.2 Å². The molecule has 0 fully saturated rings. The third-order valence-corrected chi connectivity index (χ3v) is 12.2. The lowest BCUT2D eigenvalue weighted by Gasteiger charge is -2.18. The van der Waals surface area contributed by atoms with Crippen LogP contribution in [0.15, 0.2) is 170 Å². The number of ether oxygens (including phenoxy) is 3. The van der Waals surface area contributed by atoms with Crippen molar-refractivity contribution < 1.29 is 28.6 Å². The van der Waals surface area contributed by atoms with Crippen molar-refractivity contribution in [2.45, 2.75) is 245 Å². The zero-order chi connectivity index (χ0) is 55.7. The molecule has 6 heteroatoms. The summed E-state index contributed by atoms with van der Waals surface area (Å²) in [6.45, 7) is 6.30. The minimum absolute atomic E-state index is 0.114.